The first-order chi connectivity index (χ1) is 14.3. The lowest BCUT2D eigenvalue weighted by atomic mass is 10.1. The Morgan fingerprint density at radius 1 is 1.10 bits per heavy atom. The molecule has 0 unspecified atom stereocenters. The van der Waals surface area contributed by atoms with Crippen LogP contribution in [0, 0.1) is 0 Å². The molecule has 2 aromatic carbocycles. The number of piperidine rings is 1. The number of nitrogens with one attached hydrogen (secondary N) is 1. The van der Waals surface area contributed by atoms with Gasteiger partial charge in [0.2, 0.25) is 0 Å². The Morgan fingerprint density at radius 3 is 2.59 bits per heavy atom. The van der Waals surface area contributed by atoms with Crippen LogP contribution in [0.5, 0.6) is 5.75 Å². The third-order valence-electron chi connectivity index (χ3n) is 5.21. The Morgan fingerprint density at radius 2 is 1.86 bits per heavy atom. The summed E-state index contributed by atoms with van der Waals surface area (Å²) in [7, 11) is 1.84. The van der Waals surface area contributed by atoms with Crippen molar-refractivity contribution in [3.63, 3.8) is 0 Å². The summed E-state index contributed by atoms with van der Waals surface area (Å²) >= 11 is 0. The topological polar surface area (TPSA) is 54.7 Å². The first-order valence-electron chi connectivity index (χ1n) is 10.1. The fraction of sp³-hybridized carbons (Fsp3) is 0.304. The number of likely N-dealkylation sites (tertiary alicyclic amines) is 1. The SMILES string of the molecule is CN=C(NCc1ccccc1-n1ccnc1)N1CCC(Oc2ccccc2)CC1. The monoisotopic (exact) mass is 389 g/mol. The van der Waals surface area contributed by atoms with Crippen LogP contribution in [0.4, 0.5) is 0 Å². The van der Waals surface area contributed by atoms with Gasteiger partial charge in [-0.3, -0.25) is 4.99 Å². The molecule has 3 aromatic rings. The van der Waals surface area contributed by atoms with Crippen molar-refractivity contribution in [2.45, 2.75) is 25.5 Å². The maximum absolute atomic E-state index is 6.11. The van der Waals surface area contributed by atoms with Gasteiger partial charge in [-0.05, 0) is 23.8 Å². The molecule has 0 amide bonds. The minimum atomic E-state index is 0.258. The Labute approximate surface area is 171 Å². The minimum absolute atomic E-state index is 0.258. The molecule has 0 bridgehead atoms. The molecule has 0 aliphatic carbocycles. The highest BCUT2D eigenvalue weighted by atomic mass is 16.5. The molecule has 1 saturated heterocycles. The van der Waals surface area contributed by atoms with Crippen molar-refractivity contribution >= 4 is 5.96 Å². The number of aliphatic imine (C=N–C) groups is 1. The summed E-state index contributed by atoms with van der Waals surface area (Å²) in [6.45, 7) is 2.57. The summed E-state index contributed by atoms with van der Waals surface area (Å²) in [5.74, 6) is 1.88. The molecule has 0 atom stereocenters. The second kappa shape index (κ2) is 9.28. The van der Waals surface area contributed by atoms with Crippen molar-refractivity contribution in [1.29, 1.82) is 0 Å². The molecule has 4 rings (SSSR count). The zero-order valence-corrected chi connectivity index (χ0v) is 16.7. The van der Waals surface area contributed by atoms with E-state index in [1.165, 1.54) is 5.56 Å². The molecule has 1 aliphatic rings. The standard InChI is InChI=1S/C23H27N5O/c1-24-23(26-17-19-7-5-6-10-22(19)28-16-13-25-18-28)27-14-11-21(12-15-27)29-20-8-3-2-4-9-20/h2-10,13,16,18,21H,11-12,14-15,17H2,1H3,(H,24,26). The third-order valence-corrected chi connectivity index (χ3v) is 5.21. The van der Waals surface area contributed by atoms with Crippen LogP contribution in [0.2, 0.25) is 0 Å². The van der Waals surface area contributed by atoms with Gasteiger partial charge in [-0.2, -0.15) is 0 Å². The summed E-state index contributed by atoms with van der Waals surface area (Å²) in [4.78, 5) is 11.0. The smallest absolute Gasteiger partial charge is 0.193 e. The number of para-hydroxylation sites is 2. The lowest BCUT2D eigenvalue weighted by molar-refractivity contribution is 0.129. The summed E-state index contributed by atoms with van der Waals surface area (Å²) in [5.41, 5.74) is 2.33. The molecule has 1 fully saturated rings. The van der Waals surface area contributed by atoms with Gasteiger partial charge in [-0.1, -0.05) is 36.4 Å². The van der Waals surface area contributed by atoms with Gasteiger partial charge in [0.15, 0.2) is 5.96 Å². The third kappa shape index (κ3) is 4.77. The number of hydrogen-bond acceptors (Lipinski definition) is 3. The quantitative estimate of drug-likeness (QED) is 0.536. The van der Waals surface area contributed by atoms with E-state index in [9.17, 15) is 0 Å². The lowest BCUT2D eigenvalue weighted by Gasteiger charge is -2.34. The number of rotatable bonds is 5. The number of aromatic nitrogens is 2. The van der Waals surface area contributed by atoms with Crippen LogP contribution in [0.3, 0.4) is 0 Å². The summed E-state index contributed by atoms with van der Waals surface area (Å²) in [5, 5.41) is 3.52. The molecule has 0 radical (unpaired) electrons. The van der Waals surface area contributed by atoms with Gasteiger partial charge in [-0.25, -0.2) is 4.98 Å². The van der Waals surface area contributed by atoms with E-state index in [-0.39, 0.29) is 6.10 Å². The van der Waals surface area contributed by atoms with Gasteiger partial charge in [0.1, 0.15) is 11.9 Å². The second-order valence-corrected chi connectivity index (χ2v) is 7.12. The van der Waals surface area contributed by atoms with Gasteiger partial charge in [-0.15, -0.1) is 0 Å². The molecular formula is C23H27N5O. The predicted molar refractivity (Wildman–Crippen MR) is 115 cm³/mol. The van der Waals surface area contributed by atoms with Crippen molar-refractivity contribution in [1.82, 2.24) is 19.8 Å². The van der Waals surface area contributed by atoms with Gasteiger partial charge in [0.25, 0.3) is 0 Å². The molecule has 6 heteroatoms. The van der Waals surface area contributed by atoms with Crippen molar-refractivity contribution in [3.05, 3.63) is 78.9 Å². The van der Waals surface area contributed by atoms with E-state index in [2.05, 4.69) is 38.4 Å². The average molecular weight is 390 g/mol. The minimum Gasteiger partial charge on any atom is -0.490 e. The maximum atomic E-state index is 6.11. The molecule has 1 aromatic heterocycles. The van der Waals surface area contributed by atoms with E-state index in [1.807, 2.05) is 60.5 Å². The van der Waals surface area contributed by atoms with Crippen LogP contribution in [0.25, 0.3) is 5.69 Å². The molecule has 0 spiro atoms. The van der Waals surface area contributed by atoms with Crippen LogP contribution >= 0.6 is 0 Å². The largest absolute Gasteiger partial charge is 0.490 e. The Kier molecular flexibility index (Phi) is 6.10. The van der Waals surface area contributed by atoms with Gasteiger partial charge >= 0.3 is 0 Å². The summed E-state index contributed by atoms with van der Waals surface area (Å²) in [6.07, 6.45) is 7.82. The highest BCUT2D eigenvalue weighted by Crippen LogP contribution is 2.19. The predicted octanol–water partition coefficient (Wildman–Crippen LogP) is 3.49. The van der Waals surface area contributed by atoms with Gasteiger partial charge in [0.05, 0.1) is 12.0 Å². The second-order valence-electron chi connectivity index (χ2n) is 7.12. The molecule has 6 nitrogen and oxygen atoms in total. The summed E-state index contributed by atoms with van der Waals surface area (Å²) < 4.78 is 8.14. The van der Waals surface area contributed by atoms with Crippen molar-refractivity contribution < 1.29 is 4.74 Å². The van der Waals surface area contributed by atoms with Crippen molar-refractivity contribution in [2.75, 3.05) is 20.1 Å². The maximum Gasteiger partial charge on any atom is 0.193 e. The molecule has 29 heavy (non-hydrogen) atoms. The first kappa shape index (κ1) is 19.1. The fourth-order valence-corrected chi connectivity index (χ4v) is 3.70. The average Bonchev–Trinajstić information content (AvgIpc) is 3.31. The lowest BCUT2D eigenvalue weighted by Crippen LogP contribution is -2.47. The number of guanidine groups is 1. The zero-order valence-electron chi connectivity index (χ0n) is 16.7. The number of imidazole rings is 1. The van der Waals surface area contributed by atoms with Gasteiger partial charge < -0.3 is 19.5 Å². The van der Waals surface area contributed by atoms with E-state index in [1.54, 1.807) is 6.20 Å². The molecule has 1 N–H and O–H groups in total. The number of hydrogen-bond donors (Lipinski definition) is 1. The highest BCUT2D eigenvalue weighted by molar-refractivity contribution is 5.80. The number of ether oxygens (including phenoxy) is 1. The summed E-state index contributed by atoms with van der Waals surface area (Å²) in [6, 6.07) is 18.4. The molecule has 0 saturated carbocycles. The van der Waals surface area contributed by atoms with Crippen molar-refractivity contribution in [3.8, 4) is 11.4 Å². The van der Waals surface area contributed by atoms with Crippen LogP contribution in [-0.2, 0) is 6.54 Å². The normalized spacial score (nSPS) is 15.3. The van der Waals surface area contributed by atoms with Crippen LogP contribution in [0.15, 0.2) is 78.3 Å². The van der Waals surface area contributed by atoms with Gasteiger partial charge in [0, 0.05) is 51.9 Å². The van der Waals surface area contributed by atoms with Crippen LogP contribution in [0.1, 0.15) is 18.4 Å². The Balaban J connectivity index is 1.33. The molecular weight excluding hydrogens is 362 g/mol. The van der Waals surface area contributed by atoms with E-state index in [0.29, 0.717) is 6.54 Å². The molecule has 1 aliphatic heterocycles. The van der Waals surface area contributed by atoms with Crippen LogP contribution < -0.4 is 10.1 Å². The first-order valence-corrected chi connectivity index (χ1v) is 10.1. The van der Waals surface area contributed by atoms with E-state index < -0.39 is 0 Å². The number of benzene rings is 2. The Bertz CT molecular complexity index is 915. The Hall–Kier alpha value is -3.28. The van der Waals surface area contributed by atoms with E-state index in [4.69, 9.17) is 4.74 Å². The van der Waals surface area contributed by atoms with Crippen LogP contribution in [-0.4, -0.2) is 46.7 Å². The van der Waals surface area contributed by atoms with Crippen molar-refractivity contribution in [2.24, 2.45) is 4.99 Å². The van der Waals surface area contributed by atoms with E-state index >= 15 is 0 Å². The van der Waals surface area contributed by atoms with E-state index in [0.717, 1.165) is 43.3 Å². The zero-order chi connectivity index (χ0) is 19.9. The highest BCUT2D eigenvalue weighted by Gasteiger charge is 2.22. The number of nitrogens with zero attached hydrogens (tertiary/aromatic N) is 4. The molecule has 150 valence electrons. The fourth-order valence-electron chi connectivity index (χ4n) is 3.70. The molecule has 2 heterocycles.